The Labute approximate surface area is 227 Å². The minimum Gasteiger partial charge on any atom is -0.394 e. The van der Waals surface area contributed by atoms with E-state index in [1.54, 1.807) is 5.48 Å². The predicted molar refractivity (Wildman–Crippen MR) is 137 cm³/mol. The molecular formula is C25H42N4O10. The quantitative estimate of drug-likeness (QED) is 0.0643. The number of aliphatic hydroxyl groups is 3. The highest BCUT2D eigenvalue weighted by Crippen LogP contribution is 2.25. The van der Waals surface area contributed by atoms with Crippen molar-refractivity contribution in [1.29, 1.82) is 0 Å². The maximum absolute atomic E-state index is 13.2. The first kappa shape index (κ1) is 34.1. The van der Waals surface area contributed by atoms with Crippen LogP contribution in [0.2, 0.25) is 0 Å². The number of ketones is 1. The maximum Gasteiger partial charge on any atom is 0.247 e. The fraction of sp³-hybridized carbons (Fsp3) is 0.720. The third kappa shape index (κ3) is 10.3. The number of Topliss-reactive ketones (excluding diaryl/α,β-unsaturated/α-hetero) is 1. The number of allylic oxidation sites excluding steroid dienone is 1. The molecule has 1 saturated heterocycles. The molecule has 1 aliphatic rings. The smallest absolute Gasteiger partial charge is 0.247 e. The molecule has 1 aliphatic heterocycles. The number of carbonyl (C=O) groups is 5. The summed E-state index contributed by atoms with van der Waals surface area (Å²) in [5.41, 5.74) is 1.57. The van der Waals surface area contributed by atoms with Gasteiger partial charge in [-0.3, -0.25) is 29.2 Å². The Kier molecular flexibility index (Phi) is 14.2. The summed E-state index contributed by atoms with van der Waals surface area (Å²) >= 11 is 0. The lowest BCUT2D eigenvalue weighted by atomic mass is 9.82. The molecule has 0 aliphatic carbocycles. The number of hydrogen-bond donors (Lipinski definition) is 8. The van der Waals surface area contributed by atoms with Crippen LogP contribution in [0, 0.1) is 17.8 Å². The lowest BCUT2D eigenvalue weighted by Gasteiger charge is -2.42. The van der Waals surface area contributed by atoms with E-state index >= 15 is 0 Å². The highest BCUT2D eigenvalue weighted by Gasteiger charge is 2.45. The summed E-state index contributed by atoms with van der Waals surface area (Å²) in [6.07, 6.45) is -4.14. The zero-order valence-corrected chi connectivity index (χ0v) is 22.8. The first-order chi connectivity index (χ1) is 18.3. The van der Waals surface area contributed by atoms with Gasteiger partial charge in [-0.1, -0.05) is 19.9 Å². The Bertz CT molecular complexity index is 883. The number of carbonyl (C=O) groups excluding carboxylic acids is 5. The minimum atomic E-state index is -1.55. The standard InChI is InChI=1S/C25H42N4O10/c1-6-7-15(24(37)29-38)16(10-12(2)3)23(36)27-17(13(4)31)8-9-19(33)28-25-20(26-14(5)32)22(35)21(34)18(11-30)39-25/h6,12,15-18,20-22,25,30,34-35,38H,1,7-11H2,2-5H3,(H,26,32)(H,27,36)(H,28,33)(H,29,37)/t15?,16-,17+,18-,20-,21-,22-,25-/m1/s1. The molecule has 1 rings (SSSR count). The molecule has 1 fully saturated rings. The molecule has 0 aromatic rings. The number of rotatable bonds is 15. The fourth-order valence-electron chi connectivity index (χ4n) is 4.48. The molecule has 1 heterocycles. The van der Waals surface area contributed by atoms with Gasteiger partial charge in [-0.15, -0.1) is 6.58 Å². The lowest BCUT2D eigenvalue weighted by molar-refractivity contribution is -0.203. The van der Waals surface area contributed by atoms with Gasteiger partial charge in [0.2, 0.25) is 23.6 Å². The van der Waals surface area contributed by atoms with Gasteiger partial charge in [0.25, 0.3) is 0 Å². The van der Waals surface area contributed by atoms with Crippen LogP contribution in [-0.2, 0) is 28.7 Å². The van der Waals surface area contributed by atoms with Crippen LogP contribution in [0.4, 0.5) is 0 Å². The van der Waals surface area contributed by atoms with Gasteiger partial charge in [0.05, 0.1) is 24.5 Å². The van der Waals surface area contributed by atoms with Crippen molar-refractivity contribution in [1.82, 2.24) is 21.4 Å². The Balaban J connectivity index is 2.96. The van der Waals surface area contributed by atoms with Gasteiger partial charge in [-0.2, -0.15) is 0 Å². The topological polar surface area (TPSA) is 224 Å². The highest BCUT2D eigenvalue weighted by molar-refractivity contribution is 5.91. The van der Waals surface area contributed by atoms with Crippen LogP contribution in [0.5, 0.6) is 0 Å². The molecule has 0 aromatic carbocycles. The Morgan fingerprint density at radius 3 is 2.13 bits per heavy atom. The van der Waals surface area contributed by atoms with E-state index in [4.69, 9.17) is 9.94 Å². The van der Waals surface area contributed by atoms with Gasteiger partial charge in [0.1, 0.15) is 24.4 Å². The van der Waals surface area contributed by atoms with E-state index in [2.05, 4.69) is 22.5 Å². The summed E-state index contributed by atoms with van der Waals surface area (Å²) < 4.78 is 5.46. The molecule has 14 nitrogen and oxygen atoms in total. The van der Waals surface area contributed by atoms with Crippen LogP contribution < -0.4 is 21.4 Å². The van der Waals surface area contributed by atoms with Crippen molar-refractivity contribution < 1.29 is 49.2 Å². The lowest BCUT2D eigenvalue weighted by Crippen LogP contribution is -2.68. The molecule has 222 valence electrons. The molecule has 4 amide bonds. The van der Waals surface area contributed by atoms with Crippen molar-refractivity contribution in [2.24, 2.45) is 17.8 Å². The molecule has 14 heteroatoms. The van der Waals surface area contributed by atoms with Gasteiger partial charge < -0.3 is 36.0 Å². The monoisotopic (exact) mass is 558 g/mol. The summed E-state index contributed by atoms with van der Waals surface area (Å²) in [5, 5.41) is 46.5. The van der Waals surface area contributed by atoms with Crippen LogP contribution in [0.25, 0.3) is 0 Å². The summed E-state index contributed by atoms with van der Waals surface area (Å²) in [6, 6.07) is -2.29. The molecular weight excluding hydrogens is 516 g/mol. The van der Waals surface area contributed by atoms with Crippen molar-refractivity contribution >= 4 is 29.4 Å². The van der Waals surface area contributed by atoms with E-state index < -0.39 is 84.5 Å². The molecule has 0 radical (unpaired) electrons. The van der Waals surface area contributed by atoms with Crippen LogP contribution in [-0.4, -0.2) is 93.2 Å². The molecule has 39 heavy (non-hydrogen) atoms. The normalized spacial score (nSPS) is 25.1. The summed E-state index contributed by atoms with van der Waals surface area (Å²) in [7, 11) is 0. The average Bonchev–Trinajstić information content (AvgIpc) is 2.86. The van der Waals surface area contributed by atoms with Gasteiger partial charge in [0.15, 0.2) is 12.0 Å². The number of amides is 4. The van der Waals surface area contributed by atoms with E-state index in [9.17, 15) is 39.3 Å². The second kappa shape index (κ2) is 16.3. The van der Waals surface area contributed by atoms with Crippen LogP contribution in [0.3, 0.4) is 0 Å². The first-order valence-corrected chi connectivity index (χ1v) is 12.8. The Morgan fingerprint density at radius 1 is 1.00 bits per heavy atom. The van der Waals surface area contributed by atoms with Crippen molar-refractivity contribution in [3.8, 4) is 0 Å². The Hall–Kier alpha value is -2.91. The average molecular weight is 559 g/mol. The number of aliphatic hydroxyl groups excluding tert-OH is 3. The predicted octanol–water partition coefficient (Wildman–Crippen LogP) is -1.74. The van der Waals surface area contributed by atoms with E-state index in [0.29, 0.717) is 0 Å². The minimum absolute atomic E-state index is 0.00443. The largest absolute Gasteiger partial charge is 0.394 e. The number of hydrogen-bond acceptors (Lipinski definition) is 10. The first-order valence-electron chi connectivity index (χ1n) is 12.8. The summed E-state index contributed by atoms with van der Waals surface area (Å²) in [4.78, 5) is 62.0. The van der Waals surface area contributed by atoms with Crippen LogP contribution >= 0.6 is 0 Å². The second-order valence-electron chi connectivity index (χ2n) is 10.1. The second-order valence-corrected chi connectivity index (χ2v) is 10.1. The molecule has 0 saturated carbocycles. The molecule has 8 N–H and O–H groups in total. The Morgan fingerprint density at radius 2 is 1.64 bits per heavy atom. The maximum atomic E-state index is 13.2. The van der Waals surface area contributed by atoms with Crippen molar-refractivity contribution in [3.63, 3.8) is 0 Å². The molecule has 1 unspecified atom stereocenters. The van der Waals surface area contributed by atoms with Gasteiger partial charge in [-0.25, -0.2) is 5.48 Å². The SMILES string of the molecule is C=CCC(C(=O)NO)[C@@H](CC(C)C)C(=O)N[C@@H](CCC(=O)N[C@@H]1O[C@H](CO)[C@@H](O)[C@H](O)[C@H]1NC(C)=O)C(C)=O. The molecule has 0 spiro atoms. The molecule has 0 bridgehead atoms. The van der Waals surface area contributed by atoms with Crippen molar-refractivity contribution in [3.05, 3.63) is 12.7 Å². The zero-order valence-electron chi connectivity index (χ0n) is 22.8. The fourth-order valence-corrected chi connectivity index (χ4v) is 4.48. The molecule has 0 aromatic heterocycles. The number of ether oxygens (including phenoxy) is 1. The van der Waals surface area contributed by atoms with Crippen molar-refractivity contribution in [2.75, 3.05) is 6.61 Å². The zero-order chi connectivity index (χ0) is 29.9. The van der Waals surface area contributed by atoms with E-state index in [1.807, 2.05) is 13.8 Å². The van der Waals surface area contributed by atoms with Crippen molar-refractivity contribution in [2.45, 2.75) is 90.0 Å². The summed E-state index contributed by atoms with van der Waals surface area (Å²) in [6.45, 7) is 9.06. The van der Waals surface area contributed by atoms with Gasteiger partial charge >= 0.3 is 0 Å². The van der Waals surface area contributed by atoms with Crippen LogP contribution in [0.15, 0.2) is 12.7 Å². The summed E-state index contributed by atoms with van der Waals surface area (Å²) in [5.74, 6) is -4.81. The molecule has 8 atom stereocenters. The van der Waals surface area contributed by atoms with Gasteiger partial charge in [-0.05, 0) is 32.1 Å². The third-order valence-corrected chi connectivity index (χ3v) is 6.48. The number of hydroxylamine groups is 1. The third-order valence-electron chi connectivity index (χ3n) is 6.48. The van der Waals surface area contributed by atoms with E-state index in [0.717, 1.165) is 0 Å². The van der Waals surface area contributed by atoms with E-state index in [-0.39, 0.29) is 31.6 Å². The van der Waals surface area contributed by atoms with Gasteiger partial charge in [0, 0.05) is 13.3 Å². The van der Waals surface area contributed by atoms with E-state index in [1.165, 1.54) is 19.9 Å². The van der Waals surface area contributed by atoms with Crippen LogP contribution in [0.1, 0.15) is 53.4 Å². The highest BCUT2D eigenvalue weighted by atomic mass is 16.5. The number of nitrogens with one attached hydrogen (secondary N) is 4.